The maximum absolute atomic E-state index is 14.8. The minimum atomic E-state index is -2.47. The molecule has 0 spiro atoms. The van der Waals surface area contributed by atoms with Gasteiger partial charge in [0.15, 0.2) is 0 Å². The largest absolute Gasteiger partial charge is 0.464 e. The van der Waals surface area contributed by atoms with Crippen molar-refractivity contribution in [3.8, 4) is 22.4 Å². The minimum Gasteiger partial charge on any atom is -0.464 e. The van der Waals surface area contributed by atoms with E-state index in [4.69, 9.17) is 14.5 Å². The summed E-state index contributed by atoms with van der Waals surface area (Å²) >= 11 is 0. The Hall–Kier alpha value is -5.64. The van der Waals surface area contributed by atoms with Crippen molar-refractivity contribution in [3.63, 3.8) is 0 Å². The summed E-state index contributed by atoms with van der Waals surface area (Å²) < 4.78 is 15.0. The first kappa shape index (κ1) is 45.9. The lowest BCUT2D eigenvalue weighted by atomic mass is 9.67. The number of cyclic esters (lactones) is 1. The van der Waals surface area contributed by atoms with Gasteiger partial charge in [-0.1, -0.05) is 71.5 Å². The molecule has 4 aliphatic rings. The molecule has 14 nitrogen and oxygen atoms in total. The van der Waals surface area contributed by atoms with Crippen molar-refractivity contribution in [2.75, 3.05) is 40.4 Å². The third kappa shape index (κ3) is 8.42. The number of nitrogens with one attached hydrogen (secondary N) is 2. The molecule has 6 bridgehead atoms. The number of benzene rings is 2. The highest BCUT2D eigenvalue weighted by atomic mass is 28.3. The second kappa shape index (κ2) is 18.3. The van der Waals surface area contributed by atoms with Gasteiger partial charge in [0.2, 0.25) is 23.3 Å². The van der Waals surface area contributed by atoms with Gasteiger partial charge in [-0.2, -0.15) is 0 Å². The first-order chi connectivity index (χ1) is 31.1. The maximum atomic E-state index is 14.8. The molecule has 5 heterocycles. The summed E-state index contributed by atoms with van der Waals surface area (Å²) in [6.07, 6.45) is 3.65. The van der Waals surface area contributed by atoms with E-state index in [0.29, 0.717) is 25.9 Å². The summed E-state index contributed by atoms with van der Waals surface area (Å²) in [4.78, 5) is 81.3. The topological polar surface area (TPSA) is 155 Å². The average Bonchev–Trinajstić information content (AvgIpc) is 3.86. The number of carbonyl (C=O) groups is 5. The van der Waals surface area contributed by atoms with Crippen molar-refractivity contribution in [1.82, 2.24) is 34.8 Å². The van der Waals surface area contributed by atoms with Crippen molar-refractivity contribution in [3.05, 3.63) is 90.3 Å². The molecule has 4 aromatic rings. The highest BCUT2D eigenvalue weighted by molar-refractivity contribution is 6.88. The molecule has 0 saturated carbocycles. The van der Waals surface area contributed by atoms with Crippen molar-refractivity contribution in [2.45, 2.75) is 91.1 Å². The van der Waals surface area contributed by atoms with Crippen LogP contribution in [0.25, 0.3) is 33.3 Å². The quantitative estimate of drug-likeness (QED) is 0.117. The summed E-state index contributed by atoms with van der Waals surface area (Å²) in [6, 6.07) is 17.3. The molecule has 4 amide bonds. The van der Waals surface area contributed by atoms with Gasteiger partial charge in [-0.3, -0.25) is 34.0 Å². The maximum Gasteiger partial charge on any atom is 0.324 e. The number of amides is 4. The van der Waals surface area contributed by atoms with Crippen LogP contribution in [0.5, 0.6) is 0 Å². The minimum absolute atomic E-state index is 0.0841. The Labute approximate surface area is 383 Å². The molecule has 2 saturated heterocycles. The van der Waals surface area contributed by atoms with Gasteiger partial charge < -0.3 is 28.8 Å². The van der Waals surface area contributed by atoms with Gasteiger partial charge in [-0.05, 0) is 90.2 Å². The van der Waals surface area contributed by atoms with E-state index in [-0.39, 0.29) is 54.3 Å². The van der Waals surface area contributed by atoms with Crippen LogP contribution in [0.2, 0.25) is 0 Å². The Morgan fingerprint density at radius 2 is 1.88 bits per heavy atom. The van der Waals surface area contributed by atoms with Crippen LogP contribution < -0.4 is 10.4 Å². The molecule has 8 rings (SSSR count). The summed E-state index contributed by atoms with van der Waals surface area (Å²) in [5.41, 5.74) is 10.2. The zero-order valence-corrected chi connectivity index (χ0v) is 39.9. The number of rotatable bonds is 8. The Morgan fingerprint density at radius 1 is 1.11 bits per heavy atom. The smallest absolute Gasteiger partial charge is 0.324 e. The number of likely N-dealkylation sites (tertiary alicyclic amines) is 1. The zero-order valence-electron chi connectivity index (χ0n) is 38.9. The third-order valence-corrected chi connectivity index (χ3v) is 16.1. The van der Waals surface area contributed by atoms with E-state index in [2.05, 4.69) is 78.7 Å². The molecular formula is C50H62N7O7Si. The standard InChI is InChI=1S/C50H62N7O7Si/c1-10-39(58)55-25-30(5)36(26-55)47(60)54(8)43(29(3)4)46(59)53-65-27-31-15-12-16-32(23-31)33-19-20-38-35(24-33)40-41(45(63-9)42-34(17-13-21-51-42)44(40)56(38)11-2)50(6,7)28-64-48(61)37-18-14-22-57(52-37)49(65)62/h10,12-13,15-17,19-21,23-24,29-30,36-37,41,43,45,52H,1,11,14,18,22,25-28H2,2-9H3,(H,53,59)/t30-,36-,37-,41?,43-,45-/m0/s1. The lowest BCUT2D eigenvalue weighted by Gasteiger charge is -2.42. The van der Waals surface area contributed by atoms with E-state index in [0.717, 1.165) is 56.7 Å². The third-order valence-electron chi connectivity index (χ3n) is 14.0. The lowest BCUT2D eigenvalue weighted by Crippen LogP contribution is -2.64. The van der Waals surface area contributed by atoms with Crippen molar-refractivity contribution < 1.29 is 33.4 Å². The molecule has 1 radical (unpaired) electrons. The van der Waals surface area contributed by atoms with Crippen molar-refractivity contribution >= 4 is 49.1 Å². The van der Waals surface area contributed by atoms with Gasteiger partial charge in [-0.25, -0.2) is 5.43 Å². The average molecular weight is 901 g/mol. The molecule has 2 aromatic carbocycles. The predicted octanol–water partition coefficient (Wildman–Crippen LogP) is 6.38. The molecule has 3 aliphatic heterocycles. The van der Waals surface area contributed by atoms with Crippen LogP contribution in [-0.2, 0) is 41.2 Å². The summed E-state index contributed by atoms with van der Waals surface area (Å²) in [5, 5.41) is 2.56. The number of carbonyl (C=O) groups excluding carboxylic acids is 5. The zero-order chi connectivity index (χ0) is 46.5. The molecule has 6 atom stereocenters. The van der Waals surface area contributed by atoms with Gasteiger partial charge in [0.1, 0.15) is 18.2 Å². The molecular weight excluding hydrogens is 839 g/mol. The number of methoxy groups -OCH3 is 1. The van der Waals surface area contributed by atoms with E-state index < -0.39 is 50.4 Å². The summed E-state index contributed by atoms with van der Waals surface area (Å²) in [5.74, 6) is -2.49. The van der Waals surface area contributed by atoms with Crippen LogP contribution in [0, 0.1) is 23.2 Å². The van der Waals surface area contributed by atoms with Crippen molar-refractivity contribution in [2.24, 2.45) is 23.2 Å². The van der Waals surface area contributed by atoms with E-state index in [1.54, 1.807) is 25.3 Å². The molecule has 2 aromatic heterocycles. The normalized spacial score (nSPS) is 23.7. The predicted molar refractivity (Wildman–Crippen MR) is 250 cm³/mol. The number of ether oxygens (including phenoxy) is 2. The van der Waals surface area contributed by atoms with Gasteiger partial charge >= 0.3 is 5.97 Å². The summed E-state index contributed by atoms with van der Waals surface area (Å²) in [6.45, 7) is 17.5. The van der Waals surface area contributed by atoms with Gasteiger partial charge in [0.05, 0.1) is 23.9 Å². The fraction of sp³-hybridized carbons (Fsp3) is 0.480. The van der Waals surface area contributed by atoms with Crippen LogP contribution in [0.4, 0.5) is 4.79 Å². The van der Waals surface area contributed by atoms with Gasteiger partial charge in [-0.15, -0.1) is 0 Å². The fourth-order valence-electron chi connectivity index (χ4n) is 10.8. The number of pyridine rings is 1. The van der Waals surface area contributed by atoms with E-state index >= 15 is 0 Å². The van der Waals surface area contributed by atoms with Crippen LogP contribution in [0.15, 0.2) is 73.4 Å². The monoisotopic (exact) mass is 900 g/mol. The van der Waals surface area contributed by atoms with Crippen LogP contribution in [-0.4, -0.2) is 115 Å². The Kier molecular flexibility index (Phi) is 12.9. The molecule has 343 valence electrons. The molecule has 2 fully saturated rings. The van der Waals surface area contributed by atoms with E-state index in [9.17, 15) is 24.0 Å². The van der Waals surface area contributed by atoms with Gasteiger partial charge in [0.25, 0.3) is 8.96 Å². The number of hydrazine groups is 1. The number of hydrogen-bond acceptors (Lipinski definition) is 9. The number of hydrogen-bond donors (Lipinski definition) is 2. The highest BCUT2D eigenvalue weighted by Gasteiger charge is 2.48. The van der Waals surface area contributed by atoms with Crippen LogP contribution >= 0.6 is 0 Å². The van der Waals surface area contributed by atoms with Crippen LogP contribution in [0.3, 0.4) is 0 Å². The van der Waals surface area contributed by atoms with Gasteiger partial charge in [0, 0.05) is 74.3 Å². The number of likely N-dealkylation sites (N-methyl/N-ethyl adjacent to an activating group) is 1. The number of nitrogens with zero attached hydrogens (tertiary/aromatic N) is 5. The second-order valence-electron chi connectivity index (χ2n) is 19.2. The van der Waals surface area contributed by atoms with E-state index in [1.165, 1.54) is 16.0 Å². The van der Waals surface area contributed by atoms with E-state index in [1.807, 2.05) is 39.0 Å². The fourth-order valence-corrected chi connectivity index (χ4v) is 12.7. The number of aryl methyl sites for hydroxylation is 1. The lowest BCUT2D eigenvalue weighted by molar-refractivity contribution is -0.153. The number of aromatic nitrogens is 2. The second-order valence-corrected chi connectivity index (χ2v) is 21.2. The Balaban J connectivity index is 1.19. The SMILES string of the molecule is C=CC(=O)N1C[C@H](C(=O)N(C)[C@H](C(=O)N[Si]2Cc3cccc(c3)-c3ccc4c(c3)c3c(n4CC)-c4cccnc4[C@@H](OC)C3C(C)(C)COC(=O)[C@@H]3CCCN(N3)C2=O)C(C)C)[C@@H](C)C1. The Morgan fingerprint density at radius 3 is 2.60 bits per heavy atom. The molecule has 65 heavy (non-hydrogen) atoms. The highest BCUT2D eigenvalue weighted by Crippen LogP contribution is 2.57. The number of esters is 1. The Bertz CT molecular complexity index is 2540. The number of fused-ring (bicyclic) bond motifs is 8. The molecule has 2 N–H and O–H groups in total. The molecule has 15 heteroatoms. The summed E-state index contributed by atoms with van der Waals surface area (Å²) in [7, 11) is 0.879. The first-order valence-corrected chi connectivity index (χ1v) is 24.6. The first-order valence-electron chi connectivity index (χ1n) is 22.9. The molecule has 1 aliphatic carbocycles. The van der Waals surface area contributed by atoms with Crippen LogP contribution in [0.1, 0.15) is 83.2 Å². The van der Waals surface area contributed by atoms with Crippen molar-refractivity contribution in [1.29, 1.82) is 0 Å². The molecule has 1 unspecified atom stereocenters.